The first-order valence-corrected chi connectivity index (χ1v) is 10.9. The van der Waals surface area contributed by atoms with Crippen molar-refractivity contribution >= 4 is 23.2 Å². The largest absolute Gasteiger partial charge is 0.325 e. The SMILES string of the molecule is O=c1[nH]c(=O)c(Cc2c(Cl)cccc2Cl)c([C@H]2CC[C@H](C3C=CC=CC3)CC2)[nH]1. The van der Waals surface area contributed by atoms with Crippen molar-refractivity contribution in [1.82, 2.24) is 9.97 Å². The third-order valence-electron chi connectivity index (χ3n) is 6.29. The van der Waals surface area contributed by atoms with E-state index in [4.69, 9.17) is 23.2 Å². The molecule has 0 saturated heterocycles. The number of H-pyrrole nitrogens is 2. The number of benzene rings is 1. The van der Waals surface area contributed by atoms with Crippen LogP contribution in [-0.4, -0.2) is 9.97 Å². The van der Waals surface area contributed by atoms with Gasteiger partial charge in [-0.1, -0.05) is 53.6 Å². The van der Waals surface area contributed by atoms with Crippen LogP contribution in [0.2, 0.25) is 10.0 Å². The third kappa shape index (κ3) is 4.44. The Labute approximate surface area is 179 Å². The molecule has 152 valence electrons. The number of hydrogen-bond acceptors (Lipinski definition) is 2. The van der Waals surface area contributed by atoms with Crippen molar-refractivity contribution in [3.63, 3.8) is 0 Å². The maximum Gasteiger partial charge on any atom is 0.325 e. The molecule has 0 spiro atoms. The Balaban J connectivity index is 1.59. The first-order chi connectivity index (χ1) is 14.0. The van der Waals surface area contributed by atoms with E-state index in [1.54, 1.807) is 18.2 Å². The lowest BCUT2D eigenvalue weighted by Gasteiger charge is -2.33. The lowest BCUT2D eigenvalue weighted by atomic mass is 9.72. The summed E-state index contributed by atoms with van der Waals surface area (Å²) in [6, 6.07) is 5.31. The molecule has 1 unspecified atom stereocenters. The molecule has 1 saturated carbocycles. The molecule has 0 amide bonds. The van der Waals surface area contributed by atoms with E-state index in [0.29, 0.717) is 39.4 Å². The molecule has 0 aliphatic heterocycles. The molecule has 1 heterocycles. The summed E-state index contributed by atoms with van der Waals surface area (Å²) < 4.78 is 0. The lowest BCUT2D eigenvalue weighted by molar-refractivity contribution is 0.262. The second-order valence-electron chi connectivity index (χ2n) is 8.00. The molecule has 1 fully saturated rings. The van der Waals surface area contributed by atoms with Crippen LogP contribution >= 0.6 is 23.2 Å². The van der Waals surface area contributed by atoms with Gasteiger partial charge in [0.1, 0.15) is 0 Å². The predicted octanol–water partition coefficient (Wildman–Crippen LogP) is 5.37. The van der Waals surface area contributed by atoms with Gasteiger partial charge < -0.3 is 4.98 Å². The zero-order valence-corrected chi connectivity index (χ0v) is 17.6. The van der Waals surface area contributed by atoms with Crippen molar-refractivity contribution in [2.24, 2.45) is 11.8 Å². The van der Waals surface area contributed by atoms with Crippen LogP contribution in [0.15, 0.2) is 52.1 Å². The minimum absolute atomic E-state index is 0.167. The van der Waals surface area contributed by atoms with Crippen LogP contribution in [0.3, 0.4) is 0 Å². The van der Waals surface area contributed by atoms with Crippen molar-refractivity contribution in [3.05, 3.63) is 90.2 Å². The topological polar surface area (TPSA) is 65.7 Å². The van der Waals surface area contributed by atoms with E-state index in [1.807, 2.05) is 0 Å². The first-order valence-electron chi connectivity index (χ1n) is 10.1. The molecule has 0 radical (unpaired) electrons. The molecule has 4 rings (SSSR count). The number of halogens is 2. The Morgan fingerprint density at radius 2 is 1.66 bits per heavy atom. The highest BCUT2D eigenvalue weighted by Crippen LogP contribution is 2.41. The maximum atomic E-state index is 12.7. The molecule has 2 aliphatic rings. The summed E-state index contributed by atoms with van der Waals surface area (Å²) in [7, 11) is 0. The van der Waals surface area contributed by atoms with Gasteiger partial charge in [0.05, 0.1) is 0 Å². The van der Waals surface area contributed by atoms with Gasteiger partial charge in [-0.25, -0.2) is 4.79 Å². The smallest absolute Gasteiger partial charge is 0.311 e. The molecule has 29 heavy (non-hydrogen) atoms. The summed E-state index contributed by atoms with van der Waals surface area (Å²) >= 11 is 12.7. The highest BCUT2D eigenvalue weighted by atomic mass is 35.5. The molecule has 0 bridgehead atoms. The number of aromatic amines is 2. The monoisotopic (exact) mass is 430 g/mol. The van der Waals surface area contributed by atoms with Crippen LogP contribution in [-0.2, 0) is 6.42 Å². The van der Waals surface area contributed by atoms with Crippen LogP contribution in [0.5, 0.6) is 0 Å². The van der Waals surface area contributed by atoms with Crippen LogP contribution in [0.4, 0.5) is 0 Å². The molecule has 2 N–H and O–H groups in total. The van der Waals surface area contributed by atoms with E-state index in [9.17, 15) is 9.59 Å². The van der Waals surface area contributed by atoms with Gasteiger partial charge in [-0.05, 0) is 67.6 Å². The average molecular weight is 431 g/mol. The zero-order valence-electron chi connectivity index (χ0n) is 16.1. The van der Waals surface area contributed by atoms with E-state index in [0.717, 1.165) is 37.8 Å². The summed E-state index contributed by atoms with van der Waals surface area (Å²) in [5.74, 6) is 1.42. The lowest BCUT2D eigenvalue weighted by Crippen LogP contribution is -2.31. The summed E-state index contributed by atoms with van der Waals surface area (Å²) in [4.78, 5) is 30.0. The van der Waals surface area contributed by atoms with Gasteiger partial charge in [0.25, 0.3) is 5.56 Å². The molecule has 2 aromatic rings. The summed E-state index contributed by atoms with van der Waals surface area (Å²) in [5, 5.41) is 1.05. The molecule has 1 aromatic heterocycles. The predicted molar refractivity (Wildman–Crippen MR) is 118 cm³/mol. The van der Waals surface area contributed by atoms with Gasteiger partial charge in [0.2, 0.25) is 0 Å². The quantitative estimate of drug-likeness (QED) is 0.684. The van der Waals surface area contributed by atoms with Gasteiger partial charge in [-0.3, -0.25) is 9.78 Å². The summed E-state index contributed by atoms with van der Waals surface area (Å²) in [6.45, 7) is 0. The minimum Gasteiger partial charge on any atom is -0.311 e. The fourth-order valence-electron chi connectivity index (χ4n) is 4.72. The minimum atomic E-state index is -0.457. The van der Waals surface area contributed by atoms with Gasteiger partial charge in [0.15, 0.2) is 0 Å². The van der Waals surface area contributed by atoms with Crippen molar-refractivity contribution in [1.29, 1.82) is 0 Å². The third-order valence-corrected chi connectivity index (χ3v) is 7.00. The van der Waals surface area contributed by atoms with E-state index >= 15 is 0 Å². The van der Waals surface area contributed by atoms with Crippen molar-refractivity contribution in [2.45, 2.75) is 44.4 Å². The average Bonchev–Trinajstić information content (AvgIpc) is 2.72. The molecular weight excluding hydrogens is 407 g/mol. The number of nitrogens with one attached hydrogen (secondary N) is 2. The van der Waals surface area contributed by atoms with Crippen LogP contribution < -0.4 is 11.2 Å². The highest BCUT2D eigenvalue weighted by molar-refractivity contribution is 6.36. The fraction of sp³-hybridized carbons (Fsp3) is 0.391. The number of aromatic nitrogens is 2. The van der Waals surface area contributed by atoms with Crippen LogP contribution in [0, 0.1) is 11.8 Å². The van der Waals surface area contributed by atoms with Crippen molar-refractivity contribution < 1.29 is 0 Å². The Bertz CT molecular complexity index is 1040. The molecule has 1 atom stereocenters. The Kier molecular flexibility index (Phi) is 6.12. The van der Waals surface area contributed by atoms with E-state index in [-0.39, 0.29) is 11.5 Å². The van der Waals surface area contributed by atoms with Crippen LogP contribution in [0.25, 0.3) is 0 Å². The highest BCUT2D eigenvalue weighted by Gasteiger charge is 2.29. The Morgan fingerprint density at radius 3 is 2.31 bits per heavy atom. The van der Waals surface area contributed by atoms with E-state index in [2.05, 4.69) is 34.3 Å². The standard InChI is InChI=1S/C23H24Cl2N2O2/c24-19-7-4-8-20(25)17(19)13-18-21(26-23(29)27-22(18)28)16-11-9-15(10-12-16)14-5-2-1-3-6-14/h1-5,7-8,14-16H,6,9-13H2,(H2,26,27,28,29)/t14?,15-,16-. The van der Waals surface area contributed by atoms with Gasteiger partial charge in [-0.15, -0.1) is 0 Å². The van der Waals surface area contributed by atoms with Gasteiger partial charge >= 0.3 is 5.69 Å². The Hall–Kier alpha value is -2.04. The number of hydrogen-bond donors (Lipinski definition) is 2. The maximum absolute atomic E-state index is 12.7. The molecule has 6 heteroatoms. The Morgan fingerprint density at radius 1 is 0.931 bits per heavy atom. The normalized spacial score (nSPS) is 24.0. The van der Waals surface area contributed by atoms with Crippen molar-refractivity contribution in [2.75, 3.05) is 0 Å². The summed E-state index contributed by atoms with van der Waals surface area (Å²) in [5.41, 5.74) is 1.20. The second-order valence-corrected chi connectivity index (χ2v) is 8.82. The van der Waals surface area contributed by atoms with E-state index < -0.39 is 5.69 Å². The van der Waals surface area contributed by atoms with Crippen LogP contribution in [0.1, 0.15) is 54.8 Å². The molecule has 2 aliphatic carbocycles. The van der Waals surface area contributed by atoms with Gasteiger partial charge in [0, 0.05) is 27.7 Å². The first kappa shape index (κ1) is 20.2. The molecule has 4 nitrogen and oxygen atoms in total. The molecular formula is C23H24Cl2N2O2. The van der Waals surface area contributed by atoms with E-state index in [1.165, 1.54) is 0 Å². The zero-order chi connectivity index (χ0) is 20.4. The van der Waals surface area contributed by atoms with Gasteiger partial charge in [-0.2, -0.15) is 0 Å². The fourth-order valence-corrected chi connectivity index (χ4v) is 5.25. The van der Waals surface area contributed by atoms with Crippen molar-refractivity contribution in [3.8, 4) is 0 Å². The summed E-state index contributed by atoms with van der Waals surface area (Å²) in [6.07, 6.45) is 14.3. The second kappa shape index (κ2) is 8.76. The number of allylic oxidation sites excluding steroid dienone is 4. The molecule has 1 aromatic carbocycles. The number of rotatable bonds is 4.